The van der Waals surface area contributed by atoms with Crippen molar-refractivity contribution < 1.29 is 9.59 Å². The van der Waals surface area contributed by atoms with E-state index in [0.717, 1.165) is 18.4 Å². The number of hydrogen-bond donors (Lipinski definition) is 1. The molecule has 1 aromatic rings. The summed E-state index contributed by atoms with van der Waals surface area (Å²) in [6, 6.07) is 9.81. The van der Waals surface area contributed by atoms with Crippen LogP contribution in [-0.4, -0.2) is 17.7 Å². The summed E-state index contributed by atoms with van der Waals surface area (Å²) in [5.41, 5.74) is 0.440. The van der Waals surface area contributed by atoms with E-state index in [-0.39, 0.29) is 5.78 Å². The Bertz CT molecular complexity index is 388. The second kappa shape index (κ2) is 4.47. The van der Waals surface area contributed by atoms with Crippen molar-refractivity contribution in [3.63, 3.8) is 0 Å². The number of ketones is 1. The fourth-order valence-electron chi connectivity index (χ4n) is 2.38. The molecule has 0 aliphatic heterocycles. The van der Waals surface area contributed by atoms with Gasteiger partial charge in [-0.3, -0.25) is 9.59 Å². The molecule has 0 radical (unpaired) electrons. The molecule has 0 heterocycles. The van der Waals surface area contributed by atoms with E-state index in [0.29, 0.717) is 19.3 Å². The highest BCUT2D eigenvalue weighted by atomic mass is 16.1. The van der Waals surface area contributed by atoms with Crippen LogP contribution in [0.3, 0.4) is 0 Å². The maximum Gasteiger partial charge on any atom is 0.207 e. The number of Topliss-reactive ketones (excluding diaryl/α,β-unsaturated/α-hetero) is 1. The molecule has 1 N–H and O–H groups in total. The van der Waals surface area contributed by atoms with Gasteiger partial charge in [-0.1, -0.05) is 30.3 Å². The van der Waals surface area contributed by atoms with Gasteiger partial charge in [0.1, 0.15) is 5.54 Å². The Kier molecular flexibility index (Phi) is 3.04. The van der Waals surface area contributed by atoms with Gasteiger partial charge >= 0.3 is 0 Å². The third-order valence-corrected chi connectivity index (χ3v) is 3.23. The minimum absolute atomic E-state index is 0.156. The Morgan fingerprint density at radius 1 is 1.31 bits per heavy atom. The maximum atomic E-state index is 11.9. The van der Waals surface area contributed by atoms with Gasteiger partial charge in [0.15, 0.2) is 5.78 Å². The van der Waals surface area contributed by atoms with Crippen molar-refractivity contribution in [2.45, 2.75) is 31.2 Å². The molecule has 1 atom stereocenters. The van der Waals surface area contributed by atoms with Gasteiger partial charge in [-0.25, -0.2) is 0 Å². The molecule has 0 bridgehead atoms. The molecular formula is C13H15NO2. The maximum absolute atomic E-state index is 11.9. The minimum Gasteiger partial charge on any atom is -0.346 e. The van der Waals surface area contributed by atoms with Crippen molar-refractivity contribution in [1.82, 2.24) is 5.32 Å². The summed E-state index contributed by atoms with van der Waals surface area (Å²) in [6.45, 7) is 0. The fourth-order valence-corrected chi connectivity index (χ4v) is 2.38. The zero-order valence-electron chi connectivity index (χ0n) is 9.11. The van der Waals surface area contributed by atoms with Gasteiger partial charge in [0.2, 0.25) is 6.41 Å². The number of carbonyl (C=O) groups excluding carboxylic acids is 2. The molecular weight excluding hydrogens is 202 g/mol. The van der Waals surface area contributed by atoms with Gasteiger partial charge in [-0.15, -0.1) is 0 Å². The molecule has 2 rings (SSSR count). The first-order chi connectivity index (χ1) is 7.77. The fraction of sp³-hybridized carbons (Fsp3) is 0.385. The lowest BCUT2D eigenvalue weighted by Crippen LogP contribution is -2.50. The Morgan fingerprint density at radius 2 is 2.06 bits per heavy atom. The molecule has 16 heavy (non-hydrogen) atoms. The van der Waals surface area contributed by atoms with Crippen molar-refractivity contribution in [2.75, 3.05) is 0 Å². The Labute approximate surface area is 94.9 Å². The largest absolute Gasteiger partial charge is 0.346 e. The third-order valence-electron chi connectivity index (χ3n) is 3.23. The van der Waals surface area contributed by atoms with E-state index in [1.165, 1.54) is 0 Å². The number of nitrogens with one attached hydrogen (secondary N) is 1. The minimum atomic E-state index is -0.650. The zero-order chi connectivity index (χ0) is 11.4. The summed E-state index contributed by atoms with van der Waals surface area (Å²) in [7, 11) is 0. The molecule has 0 saturated heterocycles. The molecule has 0 aromatic heterocycles. The van der Waals surface area contributed by atoms with E-state index in [1.807, 2.05) is 30.3 Å². The lowest BCUT2D eigenvalue weighted by molar-refractivity contribution is -0.125. The summed E-state index contributed by atoms with van der Waals surface area (Å²) in [5.74, 6) is 0.156. The van der Waals surface area contributed by atoms with Gasteiger partial charge in [-0.2, -0.15) is 0 Å². The lowest BCUT2D eigenvalue weighted by atomic mass is 9.88. The Balaban J connectivity index is 2.21. The molecule has 3 heteroatoms. The first kappa shape index (κ1) is 10.9. The summed E-state index contributed by atoms with van der Waals surface area (Å²) in [5, 5.41) is 2.73. The number of carbonyl (C=O) groups is 2. The quantitative estimate of drug-likeness (QED) is 0.776. The van der Waals surface area contributed by atoms with Crippen molar-refractivity contribution in [3.8, 4) is 0 Å². The molecule has 3 nitrogen and oxygen atoms in total. The Hall–Kier alpha value is -1.64. The molecule has 1 amide bonds. The van der Waals surface area contributed by atoms with Gasteiger partial charge in [0.25, 0.3) is 0 Å². The van der Waals surface area contributed by atoms with Crippen LogP contribution < -0.4 is 5.32 Å². The lowest BCUT2D eigenvalue weighted by Gasteiger charge is -2.26. The second-order valence-electron chi connectivity index (χ2n) is 4.28. The van der Waals surface area contributed by atoms with Crippen LogP contribution in [0.25, 0.3) is 0 Å². The smallest absolute Gasteiger partial charge is 0.207 e. The standard InChI is InChI=1S/C13H15NO2/c15-10-14-13(8-4-7-12(13)16)9-11-5-2-1-3-6-11/h1-3,5-6,10H,4,7-9H2,(H,14,15). The highest BCUT2D eigenvalue weighted by Gasteiger charge is 2.41. The molecule has 84 valence electrons. The highest BCUT2D eigenvalue weighted by molar-refractivity contribution is 5.92. The van der Waals surface area contributed by atoms with Crippen LogP contribution in [0, 0.1) is 0 Å². The number of rotatable bonds is 4. The van der Waals surface area contributed by atoms with Crippen LogP contribution in [-0.2, 0) is 16.0 Å². The van der Waals surface area contributed by atoms with Gasteiger partial charge < -0.3 is 5.32 Å². The van der Waals surface area contributed by atoms with E-state index in [2.05, 4.69) is 5.32 Å². The third kappa shape index (κ3) is 1.98. The normalized spacial score (nSPS) is 24.4. The van der Waals surface area contributed by atoms with Gasteiger partial charge in [-0.05, 0) is 18.4 Å². The number of amides is 1. The SMILES string of the molecule is O=CNC1(Cc2ccccc2)CCCC1=O. The van der Waals surface area contributed by atoms with E-state index < -0.39 is 5.54 Å². The van der Waals surface area contributed by atoms with Gasteiger partial charge in [0.05, 0.1) is 0 Å². The predicted molar refractivity (Wildman–Crippen MR) is 60.9 cm³/mol. The van der Waals surface area contributed by atoms with Crippen LogP contribution in [0.1, 0.15) is 24.8 Å². The summed E-state index contributed by atoms with van der Waals surface area (Å²) >= 11 is 0. The molecule has 1 aliphatic carbocycles. The van der Waals surface area contributed by atoms with Crippen molar-refractivity contribution in [1.29, 1.82) is 0 Å². The first-order valence-electron chi connectivity index (χ1n) is 5.55. The summed E-state index contributed by atoms with van der Waals surface area (Å²) in [4.78, 5) is 22.5. The topological polar surface area (TPSA) is 46.2 Å². The van der Waals surface area contributed by atoms with Crippen molar-refractivity contribution >= 4 is 12.2 Å². The number of benzene rings is 1. The summed E-state index contributed by atoms with van der Waals surface area (Å²) in [6.07, 6.45) is 3.44. The van der Waals surface area contributed by atoms with E-state index >= 15 is 0 Å². The zero-order valence-corrected chi connectivity index (χ0v) is 9.11. The van der Waals surface area contributed by atoms with Crippen molar-refractivity contribution in [2.24, 2.45) is 0 Å². The van der Waals surface area contributed by atoms with Crippen LogP contribution in [0.15, 0.2) is 30.3 Å². The molecule has 1 fully saturated rings. The highest BCUT2D eigenvalue weighted by Crippen LogP contribution is 2.29. The van der Waals surface area contributed by atoms with E-state index in [4.69, 9.17) is 0 Å². The molecule has 0 spiro atoms. The van der Waals surface area contributed by atoms with Crippen LogP contribution in [0.5, 0.6) is 0 Å². The molecule has 1 aliphatic rings. The molecule has 1 aromatic carbocycles. The predicted octanol–water partition coefficient (Wildman–Crippen LogP) is 1.47. The molecule has 1 saturated carbocycles. The monoisotopic (exact) mass is 217 g/mol. The van der Waals surface area contributed by atoms with Crippen LogP contribution in [0.2, 0.25) is 0 Å². The van der Waals surface area contributed by atoms with Crippen LogP contribution in [0.4, 0.5) is 0 Å². The van der Waals surface area contributed by atoms with Crippen LogP contribution >= 0.6 is 0 Å². The second-order valence-corrected chi connectivity index (χ2v) is 4.28. The average Bonchev–Trinajstić information content (AvgIpc) is 2.62. The number of hydrogen-bond acceptors (Lipinski definition) is 2. The molecule has 1 unspecified atom stereocenters. The summed E-state index contributed by atoms with van der Waals surface area (Å²) < 4.78 is 0. The van der Waals surface area contributed by atoms with Crippen molar-refractivity contribution in [3.05, 3.63) is 35.9 Å². The van der Waals surface area contributed by atoms with Gasteiger partial charge in [0, 0.05) is 12.8 Å². The van der Waals surface area contributed by atoms with E-state index in [9.17, 15) is 9.59 Å². The van der Waals surface area contributed by atoms with E-state index in [1.54, 1.807) is 0 Å². The Morgan fingerprint density at radius 3 is 2.62 bits per heavy atom. The first-order valence-corrected chi connectivity index (χ1v) is 5.55. The average molecular weight is 217 g/mol.